The van der Waals surface area contributed by atoms with Crippen molar-refractivity contribution in [1.29, 1.82) is 0 Å². The van der Waals surface area contributed by atoms with Crippen molar-refractivity contribution >= 4 is 52.3 Å². The Balaban J connectivity index is 1.01. The monoisotopic (exact) mass is 777 g/mol. The van der Waals surface area contributed by atoms with Crippen molar-refractivity contribution in [3.05, 3.63) is 115 Å². The minimum Gasteiger partial charge on any atom is -0.481 e. The second-order valence-electron chi connectivity index (χ2n) is 14.3. The number of fused-ring (bicyclic) bond motifs is 2. The van der Waals surface area contributed by atoms with E-state index in [1.54, 1.807) is 23.9 Å². The molecule has 0 spiro atoms. The van der Waals surface area contributed by atoms with Crippen LogP contribution in [0.1, 0.15) is 60.1 Å². The van der Waals surface area contributed by atoms with Crippen molar-refractivity contribution in [2.75, 3.05) is 20.2 Å². The Hall–Kier alpha value is -5.07. The lowest BCUT2D eigenvalue weighted by Gasteiger charge is -2.15. The zero-order valence-electron chi connectivity index (χ0n) is 30.4. The molecule has 0 saturated carbocycles. The first kappa shape index (κ1) is 36.9. The van der Waals surface area contributed by atoms with E-state index in [1.807, 2.05) is 42.5 Å². The number of halogens is 2. The predicted molar refractivity (Wildman–Crippen MR) is 215 cm³/mol. The molecular weight excluding hydrogens is 737 g/mol. The number of ether oxygens (including phenoxy) is 1. The molecular formula is C42H41Cl2N7O4. The van der Waals surface area contributed by atoms with Gasteiger partial charge in [-0.15, -0.1) is 0 Å². The number of methoxy groups -OCH3 is 1. The number of hydrogen-bond donors (Lipinski definition) is 4. The number of nitrogens with zero attached hydrogens (tertiary/aromatic N) is 3. The Morgan fingerprint density at radius 1 is 0.836 bits per heavy atom. The van der Waals surface area contributed by atoms with E-state index in [-0.39, 0.29) is 29.5 Å². The van der Waals surface area contributed by atoms with Crippen molar-refractivity contribution < 1.29 is 14.3 Å². The third-order valence-corrected chi connectivity index (χ3v) is 11.4. The number of rotatable bonds is 12. The zero-order valence-corrected chi connectivity index (χ0v) is 31.9. The Bertz CT molecular complexity index is 2410. The smallest absolute Gasteiger partial charge is 0.262 e. The fourth-order valence-corrected chi connectivity index (χ4v) is 8.40. The summed E-state index contributed by atoms with van der Waals surface area (Å²) in [6, 6.07) is 18.2. The summed E-state index contributed by atoms with van der Waals surface area (Å²) in [7, 11) is 1.61. The molecule has 13 heteroatoms. The molecule has 282 valence electrons. The average molecular weight is 779 g/mol. The second kappa shape index (κ2) is 16.0. The highest BCUT2D eigenvalue weighted by Gasteiger charge is 2.24. The van der Waals surface area contributed by atoms with Gasteiger partial charge in [-0.1, -0.05) is 59.6 Å². The SMILES string of the molecule is COc1nc(/C=C2\CCc3c2cccc3-c2cccc(-c3ccn4c(=O)c(CNCC5CCC(=O)N5)cnc4c3)c2Cl)c(Cl)cc1CNCC1CCC(=O)N1. The van der Waals surface area contributed by atoms with Crippen molar-refractivity contribution in [1.82, 2.24) is 35.6 Å². The Kier molecular flexibility index (Phi) is 10.7. The van der Waals surface area contributed by atoms with Gasteiger partial charge in [0.05, 0.1) is 22.8 Å². The van der Waals surface area contributed by atoms with Crippen LogP contribution < -0.4 is 31.6 Å². The quantitative estimate of drug-likeness (QED) is 0.122. The first-order valence-corrected chi connectivity index (χ1v) is 19.4. The summed E-state index contributed by atoms with van der Waals surface area (Å²) in [5.41, 5.74) is 9.59. The summed E-state index contributed by atoms with van der Waals surface area (Å²) in [5, 5.41) is 13.7. The lowest BCUT2D eigenvalue weighted by Crippen LogP contribution is -2.36. The van der Waals surface area contributed by atoms with Crippen LogP contribution in [0.3, 0.4) is 0 Å². The van der Waals surface area contributed by atoms with Crippen LogP contribution in [0.5, 0.6) is 5.88 Å². The van der Waals surface area contributed by atoms with Gasteiger partial charge in [0.1, 0.15) is 5.65 Å². The lowest BCUT2D eigenvalue weighted by molar-refractivity contribution is -0.120. The van der Waals surface area contributed by atoms with Crippen LogP contribution in [0.4, 0.5) is 0 Å². The molecule has 5 aromatic rings. The van der Waals surface area contributed by atoms with Crippen molar-refractivity contribution in [3.8, 4) is 28.1 Å². The first-order chi connectivity index (χ1) is 26.7. The fraction of sp³-hybridized carbons (Fsp3) is 0.310. The summed E-state index contributed by atoms with van der Waals surface area (Å²) in [5.74, 6) is 0.668. The minimum atomic E-state index is -0.141. The lowest BCUT2D eigenvalue weighted by atomic mass is 9.93. The molecule has 0 bridgehead atoms. The highest BCUT2D eigenvalue weighted by Crippen LogP contribution is 2.44. The largest absolute Gasteiger partial charge is 0.481 e. The molecule has 0 radical (unpaired) electrons. The molecule has 3 aromatic heterocycles. The molecule has 2 atom stereocenters. The van der Waals surface area contributed by atoms with Gasteiger partial charge in [-0.25, -0.2) is 9.97 Å². The average Bonchev–Trinajstić information content (AvgIpc) is 3.93. The molecule has 2 fully saturated rings. The van der Waals surface area contributed by atoms with E-state index in [2.05, 4.69) is 44.5 Å². The number of nitrogens with one attached hydrogen (secondary N) is 4. The molecule has 2 aromatic carbocycles. The molecule has 11 nitrogen and oxygen atoms in total. The minimum absolute atomic E-state index is 0.0670. The van der Waals surface area contributed by atoms with Crippen LogP contribution in [-0.2, 0) is 29.1 Å². The molecule has 4 N–H and O–H groups in total. The van der Waals surface area contributed by atoms with Gasteiger partial charge in [-0.3, -0.25) is 18.8 Å². The molecule has 2 amide bonds. The highest BCUT2D eigenvalue weighted by atomic mass is 35.5. The van der Waals surface area contributed by atoms with E-state index >= 15 is 0 Å². The van der Waals surface area contributed by atoms with Crippen LogP contribution in [0, 0.1) is 0 Å². The number of carbonyl (C=O) groups excluding carboxylic acids is 2. The number of hydrogen-bond acceptors (Lipinski definition) is 8. The number of amides is 2. The molecule has 3 aliphatic rings. The van der Waals surface area contributed by atoms with Gasteiger partial charge in [0, 0.05) is 85.8 Å². The summed E-state index contributed by atoms with van der Waals surface area (Å²) in [4.78, 5) is 45.8. The summed E-state index contributed by atoms with van der Waals surface area (Å²) < 4.78 is 7.21. The van der Waals surface area contributed by atoms with Gasteiger partial charge in [-0.05, 0) is 77.8 Å². The topological polar surface area (TPSA) is 139 Å². The number of carbonyl (C=O) groups is 2. The molecule has 2 unspecified atom stereocenters. The molecule has 55 heavy (non-hydrogen) atoms. The van der Waals surface area contributed by atoms with Crippen LogP contribution in [-0.4, -0.2) is 58.5 Å². The molecule has 8 rings (SSSR count). The predicted octanol–water partition coefficient (Wildman–Crippen LogP) is 5.96. The second-order valence-corrected chi connectivity index (χ2v) is 15.1. The summed E-state index contributed by atoms with van der Waals surface area (Å²) in [6.07, 6.45) is 9.78. The van der Waals surface area contributed by atoms with Gasteiger partial charge in [0.25, 0.3) is 5.56 Å². The molecule has 1 aliphatic carbocycles. The van der Waals surface area contributed by atoms with Gasteiger partial charge >= 0.3 is 0 Å². The summed E-state index contributed by atoms with van der Waals surface area (Å²) in [6.45, 7) is 2.14. The maximum atomic E-state index is 13.3. The van der Waals surface area contributed by atoms with E-state index in [4.69, 9.17) is 32.9 Å². The zero-order chi connectivity index (χ0) is 38.1. The van der Waals surface area contributed by atoms with E-state index in [0.717, 1.165) is 64.6 Å². The molecule has 5 heterocycles. The third-order valence-electron chi connectivity index (χ3n) is 10.7. The normalized spacial score (nSPS) is 18.6. The maximum Gasteiger partial charge on any atom is 0.262 e. The molecule has 2 aliphatic heterocycles. The van der Waals surface area contributed by atoms with Crippen LogP contribution >= 0.6 is 23.2 Å². The van der Waals surface area contributed by atoms with Crippen LogP contribution in [0.15, 0.2) is 71.8 Å². The van der Waals surface area contributed by atoms with Gasteiger partial charge in [-0.2, -0.15) is 0 Å². The maximum absolute atomic E-state index is 13.3. The van der Waals surface area contributed by atoms with E-state index in [0.29, 0.717) is 71.9 Å². The van der Waals surface area contributed by atoms with Crippen molar-refractivity contribution in [2.24, 2.45) is 0 Å². The fourth-order valence-electron chi connectivity index (χ4n) is 7.83. The Morgan fingerprint density at radius 3 is 2.20 bits per heavy atom. The first-order valence-electron chi connectivity index (χ1n) is 18.6. The van der Waals surface area contributed by atoms with Gasteiger partial charge < -0.3 is 26.0 Å². The molecule has 2 saturated heterocycles. The Morgan fingerprint density at radius 2 is 1.51 bits per heavy atom. The van der Waals surface area contributed by atoms with Gasteiger partial charge in [0.15, 0.2) is 0 Å². The van der Waals surface area contributed by atoms with Gasteiger partial charge in [0.2, 0.25) is 17.7 Å². The number of benzene rings is 2. The third kappa shape index (κ3) is 7.75. The number of aromatic nitrogens is 3. The van der Waals surface area contributed by atoms with E-state index < -0.39 is 0 Å². The standard InChI is InChI=1S/C42H41Cl2N7O4/c1-55-41-26(19-45-22-28-9-12-38(52)48-28)16-35(43)36(50-41)17-24-8-11-33-30(24)4-2-6-32(33)34-7-3-5-31(40(34)44)25-14-15-51-37(18-25)47-21-27(42(51)54)20-46-23-29-10-13-39(53)49-29/h2-7,14-18,21,28-29,45-46H,8-13,19-20,22-23H2,1H3,(H,48,52)(H,49,53)/b24-17+. The summed E-state index contributed by atoms with van der Waals surface area (Å²) >= 11 is 14.0. The van der Waals surface area contributed by atoms with Crippen LogP contribution in [0.2, 0.25) is 10.0 Å². The van der Waals surface area contributed by atoms with E-state index in [9.17, 15) is 14.4 Å². The highest BCUT2D eigenvalue weighted by molar-refractivity contribution is 6.36. The van der Waals surface area contributed by atoms with Crippen LogP contribution in [0.25, 0.3) is 39.6 Å². The van der Waals surface area contributed by atoms with Crippen molar-refractivity contribution in [2.45, 2.75) is 63.7 Å². The number of allylic oxidation sites excluding steroid dienone is 1. The Labute approximate surface area is 328 Å². The van der Waals surface area contributed by atoms with Crippen molar-refractivity contribution in [3.63, 3.8) is 0 Å². The number of pyridine rings is 2. The van der Waals surface area contributed by atoms with E-state index in [1.165, 1.54) is 5.56 Å².